The molecule has 0 N–H and O–H groups in total. The lowest BCUT2D eigenvalue weighted by molar-refractivity contribution is 1.10. The van der Waals surface area contributed by atoms with E-state index in [0.29, 0.717) is 17.1 Å². The first-order chi connectivity index (χ1) is 12.7. The molecule has 5 nitrogen and oxygen atoms in total. The van der Waals surface area contributed by atoms with Gasteiger partial charge < -0.3 is 0 Å². The van der Waals surface area contributed by atoms with Crippen molar-refractivity contribution in [1.82, 2.24) is 9.38 Å². The van der Waals surface area contributed by atoms with Gasteiger partial charge in [0.25, 0.3) is 0 Å². The highest BCUT2D eigenvalue weighted by molar-refractivity contribution is 5.74. The predicted octanol–water partition coefficient (Wildman–Crippen LogP) is 5.60. The molecule has 5 heteroatoms. The summed E-state index contributed by atoms with van der Waals surface area (Å²) in [5.41, 5.74) is 4.89. The monoisotopic (exact) mass is 337 g/mol. The van der Waals surface area contributed by atoms with Crippen LogP contribution in [-0.2, 0) is 0 Å². The minimum atomic E-state index is 0.554. The Kier molecular flexibility index (Phi) is 4.00. The molecule has 2 aromatic carbocycles. The molecule has 2 heterocycles. The number of aromatic nitrogens is 2. The van der Waals surface area contributed by atoms with Crippen molar-refractivity contribution in [2.45, 2.75) is 6.92 Å². The average Bonchev–Trinajstić information content (AvgIpc) is 3.04. The van der Waals surface area contributed by atoms with Crippen LogP contribution in [0.3, 0.4) is 0 Å². The van der Waals surface area contributed by atoms with E-state index in [4.69, 9.17) is 10.2 Å². The van der Waals surface area contributed by atoms with E-state index in [9.17, 15) is 0 Å². The maximum absolute atomic E-state index is 9.04. The Morgan fingerprint density at radius 2 is 1.81 bits per heavy atom. The van der Waals surface area contributed by atoms with Gasteiger partial charge in [-0.1, -0.05) is 36.4 Å². The van der Waals surface area contributed by atoms with Crippen LogP contribution in [0.1, 0.15) is 11.1 Å². The number of hydrogen-bond acceptors (Lipinski definition) is 4. The Balaban J connectivity index is 1.87. The summed E-state index contributed by atoms with van der Waals surface area (Å²) in [4.78, 5) is 4.75. The minimum Gasteiger partial charge on any atom is -0.283 e. The third-order valence-electron chi connectivity index (χ3n) is 4.04. The number of imidazole rings is 1. The third-order valence-corrected chi connectivity index (χ3v) is 4.04. The smallest absolute Gasteiger partial charge is 0.187 e. The number of rotatable bonds is 3. The molecule has 0 fully saturated rings. The molecule has 2 aromatic heterocycles. The first-order valence-corrected chi connectivity index (χ1v) is 8.20. The van der Waals surface area contributed by atoms with Gasteiger partial charge in [-0.25, -0.2) is 4.98 Å². The van der Waals surface area contributed by atoms with Crippen LogP contribution in [0, 0.1) is 18.3 Å². The van der Waals surface area contributed by atoms with E-state index in [0.717, 1.165) is 22.5 Å². The largest absolute Gasteiger partial charge is 0.283 e. The molecule has 0 amide bonds. The number of nitrogens with zero attached hydrogens (tertiary/aromatic N) is 5. The number of hydrogen-bond donors (Lipinski definition) is 0. The number of azo groups is 1. The Morgan fingerprint density at radius 1 is 0.962 bits per heavy atom. The van der Waals surface area contributed by atoms with Crippen molar-refractivity contribution in [3.05, 3.63) is 84.1 Å². The number of nitriles is 1. The lowest BCUT2D eigenvalue weighted by atomic mass is 10.1. The van der Waals surface area contributed by atoms with E-state index in [-0.39, 0.29) is 0 Å². The molecule has 0 spiro atoms. The van der Waals surface area contributed by atoms with Crippen molar-refractivity contribution in [3.8, 4) is 17.3 Å². The molecule has 4 rings (SSSR count). The summed E-state index contributed by atoms with van der Waals surface area (Å²) in [6.45, 7) is 2.03. The summed E-state index contributed by atoms with van der Waals surface area (Å²) in [5.74, 6) is 0.661. The van der Waals surface area contributed by atoms with E-state index < -0.39 is 0 Å². The molecule has 0 saturated heterocycles. The number of aryl methyl sites for hydroxylation is 1. The van der Waals surface area contributed by atoms with Gasteiger partial charge in [-0.3, -0.25) is 4.40 Å². The quantitative estimate of drug-likeness (QED) is 0.457. The van der Waals surface area contributed by atoms with Gasteiger partial charge in [0, 0.05) is 11.8 Å². The van der Waals surface area contributed by atoms with Gasteiger partial charge in [0.1, 0.15) is 11.3 Å². The van der Waals surface area contributed by atoms with Crippen LogP contribution < -0.4 is 0 Å². The SMILES string of the molecule is Cc1ccn2c(N=Nc3cccc(C#N)c3)c(-c3ccccc3)nc2c1. The Morgan fingerprint density at radius 3 is 2.62 bits per heavy atom. The molecule has 0 aliphatic rings. The standard InChI is InChI=1S/C21H15N5/c1-15-10-11-26-19(12-15)23-20(17-7-3-2-4-8-17)21(26)25-24-18-9-5-6-16(13-18)14-22/h2-13H,1H3. The molecule has 0 bridgehead atoms. The molecule has 26 heavy (non-hydrogen) atoms. The van der Waals surface area contributed by atoms with Crippen molar-refractivity contribution in [3.63, 3.8) is 0 Å². The summed E-state index contributed by atoms with van der Waals surface area (Å²) >= 11 is 0. The van der Waals surface area contributed by atoms with Crippen LogP contribution in [0.5, 0.6) is 0 Å². The van der Waals surface area contributed by atoms with E-state index in [2.05, 4.69) is 16.3 Å². The van der Waals surface area contributed by atoms with Gasteiger partial charge in [-0.15, -0.1) is 10.2 Å². The van der Waals surface area contributed by atoms with Gasteiger partial charge >= 0.3 is 0 Å². The number of benzene rings is 2. The van der Waals surface area contributed by atoms with Crippen molar-refractivity contribution >= 4 is 17.2 Å². The summed E-state index contributed by atoms with van der Waals surface area (Å²) in [7, 11) is 0. The van der Waals surface area contributed by atoms with Crippen LogP contribution in [0.2, 0.25) is 0 Å². The Bertz CT molecular complexity index is 1150. The molecular formula is C21H15N5. The van der Waals surface area contributed by atoms with Crippen LogP contribution >= 0.6 is 0 Å². The summed E-state index contributed by atoms with van der Waals surface area (Å²) in [6, 6.07) is 23.1. The second-order valence-electron chi connectivity index (χ2n) is 5.94. The molecule has 124 valence electrons. The molecule has 0 unspecified atom stereocenters. The van der Waals surface area contributed by atoms with Crippen LogP contribution in [0.4, 0.5) is 11.5 Å². The number of fused-ring (bicyclic) bond motifs is 1. The molecule has 0 atom stereocenters. The lowest BCUT2D eigenvalue weighted by Crippen LogP contribution is -1.84. The average molecular weight is 337 g/mol. The molecule has 0 radical (unpaired) electrons. The fourth-order valence-electron chi connectivity index (χ4n) is 2.76. The first-order valence-electron chi connectivity index (χ1n) is 8.20. The fourth-order valence-corrected chi connectivity index (χ4v) is 2.76. The topological polar surface area (TPSA) is 65.8 Å². The van der Waals surface area contributed by atoms with E-state index in [1.165, 1.54) is 0 Å². The molecule has 0 aliphatic carbocycles. The van der Waals surface area contributed by atoms with Gasteiger partial charge in [0.15, 0.2) is 5.82 Å². The zero-order chi connectivity index (χ0) is 17.9. The summed E-state index contributed by atoms with van der Waals surface area (Å²) in [6.07, 6.45) is 1.95. The number of pyridine rings is 1. The minimum absolute atomic E-state index is 0.554. The Hall–Kier alpha value is -3.78. The first kappa shape index (κ1) is 15.7. The van der Waals surface area contributed by atoms with Gasteiger partial charge in [-0.2, -0.15) is 5.26 Å². The summed E-state index contributed by atoms with van der Waals surface area (Å²) < 4.78 is 1.92. The molecule has 0 saturated carbocycles. The van der Waals surface area contributed by atoms with Crippen molar-refractivity contribution in [2.24, 2.45) is 10.2 Å². The second-order valence-corrected chi connectivity index (χ2v) is 5.94. The highest BCUT2D eigenvalue weighted by atomic mass is 15.2. The van der Waals surface area contributed by atoms with Gasteiger partial charge in [0.05, 0.1) is 17.3 Å². The third kappa shape index (κ3) is 2.96. The maximum atomic E-state index is 9.04. The summed E-state index contributed by atoms with van der Waals surface area (Å²) in [5, 5.41) is 17.8. The Labute approximate surface area is 150 Å². The van der Waals surface area contributed by atoms with Crippen LogP contribution in [-0.4, -0.2) is 9.38 Å². The molecule has 4 aromatic rings. The predicted molar refractivity (Wildman–Crippen MR) is 101 cm³/mol. The van der Waals surface area contributed by atoms with Crippen molar-refractivity contribution in [2.75, 3.05) is 0 Å². The van der Waals surface area contributed by atoms with E-state index in [1.807, 2.05) is 66.1 Å². The normalized spacial score (nSPS) is 11.1. The highest BCUT2D eigenvalue weighted by Gasteiger charge is 2.13. The van der Waals surface area contributed by atoms with Gasteiger partial charge in [0.2, 0.25) is 0 Å². The van der Waals surface area contributed by atoms with Gasteiger partial charge in [-0.05, 0) is 42.8 Å². The molecular weight excluding hydrogens is 322 g/mol. The van der Waals surface area contributed by atoms with E-state index in [1.54, 1.807) is 18.2 Å². The second kappa shape index (κ2) is 6.61. The molecule has 0 aliphatic heterocycles. The van der Waals surface area contributed by atoms with Crippen LogP contribution in [0.15, 0.2) is 83.2 Å². The van der Waals surface area contributed by atoms with E-state index >= 15 is 0 Å². The maximum Gasteiger partial charge on any atom is 0.187 e. The lowest BCUT2D eigenvalue weighted by Gasteiger charge is -2.00. The van der Waals surface area contributed by atoms with Crippen molar-refractivity contribution in [1.29, 1.82) is 5.26 Å². The van der Waals surface area contributed by atoms with Crippen molar-refractivity contribution < 1.29 is 0 Å². The fraction of sp³-hybridized carbons (Fsp3) is 0.0476. The zero-order valence-corrected chi connectivity index (χ0v) is 14.2. The van der Waals surface area contributed by atoms with Crippen LogP contribution in [0.25, 0.3) is 16.9 Å². The highest BCUT2D eigenvalue weighted by Crippen LogP contribution is 2.32. The zero-order valence-electron chi connectivity index (χ0n) is 14.2.